The van der Waals surface area contributed by atoms with Gasteiger partial charge in [0.1, 0.15) is 6.10 Å². The molecule has 0 aliphatic rings. The number of hydrogen-bond acceptors (Lipinski definition) is 4. The van der Waals surface area contributed by atoms with E-state index < -0.39 is 0 Å². The average molecular weight is 225 g/mol. The predicted molar refractivity (Wildman–Crippen MR) is 62.8 cm³/mol. The molecule has 0 aliphatic heterocycles. The Morgan fingerprint density at radius 2 is 2.38 bits per heavy atom. The summed E-state index contributed by atoms with van der Waals surface area (Å²) in [6.07, 6.45) is 4.12. The fraction of sp³-hybridized carbons (Fsp3) is 0.636. The molecule has 0 bridgehead atoms. The minimum Gasteiger partial charge on any atom is -0.469 e. The van der Waals surface area contributed by atoms with Crippen LogP contribution in [0.5, 0.6) is 5.88 Å². The molecule has 0 amide bonds. The molecule has 90 valence electrons. The van der Waals surface area contributed by atoms with Crippen LogP contribution in [0.15, 0.2) is 17.2 Å². The summed E-state index contributed by atoms with van der Waals surface area (Å²) in [5.41, 5.74) is -0.160. The number of hydrogen-bond donors (Lipinski definition) is 1. The van der Waals surface area contributed by atoms with Crippen LogP contribution in [0.3, 0.4) is 0 Å². The zero-order valence-corrected chi connectivity index (χ0v) is 10.1. The lowest BCUT2D eigenvalue weighted by molar-refractivity contribution is 0.206. The summed E-state index contributed by atoms with van der Waals surface area (Å²) >= 11 is 0. The summed E-state index contributed by atoms with van der Waals surface area (Å²) in [5, 5.41) is 2.99. The molecule has 16 heavy (non-hydrogen) atoms. The summed E-state index contributed by atoms with van der Waals surface area (Å²) < 4.78 is 7.09. The number of nitrogens with one attached hydrogen (secondary N) is 1. The van der Waals surface area contributed by atoms with E-state index in [0.29, 0.717) is 13.1 Å². The molecular formula is C11H19N3O2. The molecule has 0 spiro atoms. The second-order valence-corrected chi connectivity index (χ2v) is 3.72. The number of aromatic nitrogens is 2. The first-order valence-electron chi connectivity index (χ1n) is 5.55. The number of ether oxygens (including phenoxy) is 1. The van der Waals surface area contributed by atoms with Gasteiger partial charge in [-0.25, -0.2) is 4.98 Å². The second-order valence-electron chi connectivity index (χ2n) is 3.72. The molecule has 1 heterocycles. The molecule has 0 aliphatic carbocycles. The van der Waals surface area contributed by atoms with Gasteiger partial charge >= 0.3 is 5.56 Å². The van der Waals surface area contributed by atoms with Gasteiger partial charge in [0.25, 0.3) is 5.88 Å². The standard InChI is InChI=1S/C11H19N3O2/c1-4-6-14-7-5-13-10(11(14)15)16-9(2)8-12-3/h5,7,9,12H,4,6,8H2,1-3H3. The van der Waals surface area contributed by atoms with E-state index in [1.54, 1.807) is 17.0 Å². The maximum absolute atomic E-state index is 11.9. The van der Waals surface area contributed by atoms with E-state index in [0.717, 1.165) is 6.42 Å². The lowest BCUT2D eigenvalue weighted by atomic mass is 10.4. The van der Waals surface area contributed by atoms with Gasteiger partial charge in [0.2, 0.25) is 0 Å². The monoisotopic (exact) mass is 225 g/mol. The second kappa shape index (κ2) is 6.27. The van der Waals surface area contributed by atoms with Gasteiger partial charge < -0.3 is 14.6 Å². The molecule has 1 N–H and O–H groups in total. The van der Waals surface area contributed by atoms with Crippen molar-refractivity contribution >= 4 is 0 Å². The van der Waals surface area contributed by atoms with E-state index in [-0.39, 0.29) is 17.5 Å². The molecule has 0 aromatic carbocycles. The van der Waals surface area contributed by atoms with Gasteiger partial charge in [-0.15, -0.1) is 0 Å². The number of nitrogens with zero attached hydrogens (tertiary/aromatic N) is 2. The van der Waals surface area contributed by atoms with Crippen LogP contribution in [0.1, 0.15) is 20.3 Å². The van der Waals surface area contributed by atoms with Crippen molar-refractivity contribution in [1.82, 2.24) is 14.9 Å². The van der Waals surface area contributed by atoms with Crippen LogP contribution in [0.4, 0.5) is 0 Å². The van der Waals surface area contributed by atoms with Crippen LogP contribution in [-0.4, -0.2) is 29.2 Å². The summed E-state index contributed by atoms with van der Waals surface area (Å²) in [6, 6.07) is 0. The first-order valence-corrected chi connectivity index (χ1v) is 5.55. The Hall–Kier alpha value is -1.36. The highest BCUT2D eigenvalue weighted by Crippen LogP contribution is 2.00. The maximum Gasteiger partial charge on any atom is 0.313 e. The summed E-state index contributed by atoms with van der Waals surface area (Å²) in [7, 11) is 1.84. The smallest absolute Gasteiger partial charge is 0.313 e. The fourth-order valence-electron chi connectivity index (χ4n) is 1.44. The van der Waals surface area contributed by atoms with Crippen molar-refractivity contribution in [1.29, 1.82) is 0 Å². The predicted octanol–water partition coefficient (Wildman–Crippen LogP) is 0.640. The lowest BCUT2D eigenvalue weighted by Gasteiger charge is -2.13. The maximum atomic E-state index is 11.9. The van der Waals surface area contributed by atoms with Crippen molar-refractivity contribution < 1.29 is 4.74 Å². The van der Waals surface area contributed by atoms with Gasteiger partial charge in [-0.2, -0.15) is 0 Å². The minimum atomic E-state index is -0.160. The van der Waals surface area contributed by atoms with Crippen LogP contribution in [0.25, 0.3) is 0 Å². The third-order valence-corrected chi connectivity index (χ3v) is 2.15. The van der Waals surface area contributed by atoms with Gasteiger partial charge in [0.15, 0.2) is 0 Å². The average Bonchev–Trinajstić information content (AvgIpc) is 2.24. The van der Waals surface area contributed by atoms with Crippen molar-refractivity contribution in [3.05, 3.63) is 22.7 Å². The van der Waals surface area contributed by atoms with E-state index >= 15 is 0 Å². The highest BCUT2D eigenvalue weighted by atomic mass is 16.5. The molecular weight excluding hydrogens is 206 g/mol. The van der Waals surface area contributed by atoms with Crippen molar-refractivity contribution in [2.75, 3.05) is 13.6 Å². The molecule has 1 aromatic rings. The number of likely N-dealkylation sites (N-methyl/N-ethyl adjacent to an activating group) is 1. The molecule has 0 radical (unpaired) electrons. The highest BCUT2D eigenvalue weighted by Gasteiger charge is 2.09. The SMILES string of the molecule is CCCn1ccnc(OC(C)CNC)c1=O. The van der Waals surface area contributed by atoms with Crippen molar-refractivity contribution in [3.63, 3.8) is 0 Å². The molecule has 1 unspecified atom stereocenters. The fourth-order valence-corrected chi connectivity index (χ4v) is 1.44. The van der Waals surface area contributed by atoms with E-state index in [2.05, 4.69) is 10.3 Å². The summed E-state index contributed by atoms with van der Waals surface area (Å²) in [6.45, 7) is 5.30. The molecule has 1 aromatic heterocycles. The lowest BCUT2D eigenvalue weighted by Crippen LogP contribution is -2.30. The Kier molecular flexibility index (Phi) is 4.98. The van der Waals surface area contributed by atoms with Gasteiger partial charge in [-0.05, 0) is 20.4 Å². The molecule has 1 atom stereocenters. The van der Waals surface area contributed by atoms with E-state index in [1.807, 2.05) is 20.9 Å². The van der Waals surface area contributed by atoms with Crippen molar-refractivity contribution in [3.8, 4) is 5.88 Å². The molecule has 1 rings (SSSR count). The Bertz CT molecular complexity index is 376. The third-order valence-electron chi connectivity index (χ3n) is 2.15. The Balaban J connectivity index is 2.80. The van der Waals surface area contributed by atoms with Crippen LogP contribution < -0.4 is 15.6 Å². The zero-order chi connectivity index (χ0) is 12.0. The Morgan fingerprint density at radius 1 is 1.62 bits per heavy atom. The van der Waals surface area contributed by atoms with Gasteiger partial charge in [0.05, 0.1) is 0 Å². The molecule has 0 saturated heterocycles. The molecule has 5 nitrogen and oxygen atoms in total. The van der Waals surface area contributed by atoms with Crippen LogP contribution >= 0.6 is 0 Å². The van der Waals surface area contributed by atoms with Gasteiger partial charge in [-0.3, -0.25) is 4.79 Å². The zero-order valence-electron chi connectivity index (χ0n) is 10.1. The largest absolute Gasteiger partial charge is 0.469 e. The van der Waals surface area contributed by atoms with Crippen LogP contribution in [0, 0.1) is 0 Å². The van der Waals surface area contributed by atoms with Crippen LogP contribution in [0.2, 0.25) is 0 Å². The third kappa shape index (κ3) is 3.34. The van der Waals surface area contributed by atoms with Crippen molar-refractivity contribution in [2.45, 2.75) is 32.9 Å². The Labute approximate surface area is 95.5 Å². The normalized spacial score (nSPS) is 12.4. The summed E-state index contributed by atoms with van der Waals surface area (Å²) in [5.74, 6) is 0.179. The van der Waals surface area contributed by atoms with Crippen LogP contribution in [-0.2, 0) is 6.54 Å². The first-order chi connectivity index (χ1) is 7.69. The van der Waals surface area contributed by atoms with E-state index in [4.69, 9.17) is 4.74 Å². The van der Waals surface area contributed by atoms with E-state index in [1.165, 1.54) is 0 Å². The molecule has 0 saturated carbocycles. The minimum absolute atomic E-state index is 0.0670. The molecule has 5 heteroatoms. The van der Waals surface area contributed by atoms with Gasteiger partial charge in [-0.1, -0.05) is 6.92 Å². The van der Waals surface area contributed by atoms with E-state index in [9.17, 15) is 4.79 Å². The van der Waals surface area contributed by atoms with Crippen molar-refractivity contribution in [2.24, 2.45) is 0 Å². The topological polar surface area (TPSA) is 56.1 Å². The van der Waals surface area contributed by atoms with Gasteiger partial charge in [0, 0.05) is 25.5 Å². The first kappa shape index (κ1) is 12.7. The quantitative estimate of drug-likeness (QED) is 0.772. The highest BCUT2D eigenvalue weighted by molar-refractivity contribution is 5.04. The number of aryl methyl sites for hydroxylation is 1. The number of rotatable bonds is 6. The molecule has 0 fully saturated rings. The Morgan fingerprint density at radius 3 is 3.00 bits per heavy atom. The summed E-state index contributed by atoms with van der Waals surface area (Å²) in [4.78, 5) is 15.8.